The summed E-state index contributed by atoms with van der Waals surface area (Å²) in [5.74, 6) is 1.16. The Kier molecular flexibility index (Phi) is 9.29. The molecule has 0 unspecified atom stereocenters. The van der Waals surface area contributed by atoms with E-state index < -0.39 is 0 Å². The SMILES string of the molecule is CCNC(=NCc1cccc(F)c1)NCCCOCC1CCOCC1. The average molecular weight is 351 g/mol. The molecule has 5 nitrogen and oxygen atoms in total. The smallest absolute Gasteiger partial charge is 0.191 e. The average Bonchev–Trinajstić information content (AvgIpc) is 2.63. The lowest BCUT2D eigenvalue weighted by atomic mass is 10.0. The molecule has 2 rings (SSSR count). The third-order valence-electron chi connectivity index (χ3n) is 4.11. The zero-order valence-electron chi connectivity index (χ0n) is 15.1. The predicted molar refractivity (Wildman–Crippen MR) is 98.2 cm³/mol. The molecule has 6 heteroatoms. The van der Waals surface area contributed by atoms with Gasteiger partial charge in [0.15, 0.2) is 5.96 Å². The molecule has 0 radical (unpaired) electrons. The van der Waals surface area contributed by atoms with Crippen LogP contribution in [0.3, 0.4) is 0 Å². The second-order valence-electron chi connectivity index (χ2n) is 6.24. The van der Waals surface area contributed by atoms with Crippen LogP contribution in [0.4, 0.5) is 4.39 Å². The lowest BCUT2D eigenvalue weighted by Gasteiger charge is -2.21. The van der Waals surface area contributed by atoms with E-state index in [0.717, 1.165) is 70.3 Å². The van der Waals surface area contributed by atoms with Crippen LogP contribution in [0.25, 0.3) is 0 Å². The van der Waals surface area contributed by atoms with Crippen LogP contribution in [0.2, 0.25) is 0 Å². The summed E-state index contributed by atoms with van der Waals surface area (Å²) >= 11 is 0. The van der Waals surface area contributed by atoms with Gasteiger partial charge in [0, 0.05) is 39.5 Å². The normalized spacial score (nSPS) is 16.0. The molecule has 0 saturated carbocycles. The first kappa shape index (κ1) is 19.7. The van der Waals surface area contributed by atoms with Gasteiger partial charge < -0.3 is 20.1 Å². The van der Waals surface area contributed by atoms with Crippen molar-refractivity contribution in [3.63, 3.8) is 0 Å². The van der Waals surface area contributed by atoms with Gasteiger partial charge in [0.1, 0.15) is 5.82 Å². The van der Waals surface area contributed by atoms with Crippen LogP contribution in [0.1, 0.15) is 31.7 Å². The summed E-state index contributed by atoms with van der Waals surface area (Å²) in [5, 5.41) is 6.49. The van der Waals surface area contributed by atoms with Crippen LogP contribution in [-0.4, -0.2) is 45.5 Å². The minimum atomic E-state index is -0.229. The molecule has 0 aliphatic carbocycles. The van der Waals surface area contributed by atoms with Gasteiger partial charge in [-0.3, -0.25) is 0 Å². The topological polar surface area (TPSA) is 54.9 Å². The fourth-order valence-corrected chi connectivity index (χ4v) is 2.69. The van der Waals surface area contributed by atoms with E-state index in [0.29, 0.717) is 12.5 Å². The molecule has 1 aromatic rings. The fraction of sp³-hybridized carbons (Fsp3) is 0.632. The highest BCUT2D eigenvalue weighted by Gasteiger charge is 2.13. The fourth-order valence-electron chi connectivity index (χ4n) is 2.69. The van der Waals surface area contributed by atoms with Crippen molar-refractivity contribution in [2.24, 2.45) is 10.9 Å². The molecular weight excluding hydrogens is 321 g/mol. The molecule has 1 aliphatic rings. The van der Waals surface area contributed by atoms with E-state index in [9.17, 15) is 4.39 Å². The van der Waals surface area contributed by atoms with Crippen molar-refractivity contribution in [1.82, 2.24) is 10.6 Å². The molecule has 2 N–H and O–H groups in total. The summed E-state index contributed by atoms with van der Waals surface area (Å²) < 4.78 is 24.3. The molecular formula is C19H30FN3O2. The van der Waals surface area contributed by atoms with E-state index in [4.69, 9.17) is 9.47 Å². The first-order valence-corrected chi connectivity index (χ1v) is 9.20. The van der Waals surface area contributed by atoms with Gasteiger partial charge in [-0.25, -0.2) is 9.38 Å². The highest BCUT2D eigenvalue weighted by atomic mass is 19.1. The number of guanidine groups is 1. The maximum Gasteiger partial charge on any atom is 0.191 e. The van der Waals surface area contributed by atoms with Crippen molar-refractivity contribution in [3.05, 3.63) is 35.6 Å². The first-order chi connectivity index (χ1) is 12.3. The molecule has 1 saturated heterocycles. The Morgan fingerprint density at radius 2 is 2.16 bits per heavy atom. The maximum atomic E-state index is 13.2. The molecule has 1 aromatic carbocycles. The molecule has 1 heterocycles. The van der Waals surface area contributed by atoms with Crippen molar-refractivity contribution >= 4 is 5.96 Å². The Labute approximate surface area is 150 Å². The Bertz CT molecular complexity index is 519. The van der Waals surface area contributed by atoms with Crippen LogP contribution in [0.5, 0.6) is 0 Å². The van der Waals surface area contributed by atoms with Crippen LogP contribution >= 0.6 is 0 Å². The molecule has 0 spiro atoms. The highest BCUT2D eigenvalue weighted by molar-refractivity contribution is 5.79. The number of ether oxygens (including phenoxy) is 2. The predicted octanol–water partition coefficient (Wildman–Crippen LogP) is 2.71. The first-order valence-electron chi connectivity index (χ1n) is 9.20. The van der Waals surface area contributed by atoms with Gasteiger partial charge in [0.25, 0.3) is 0 Å². The standard InChI is InChI=1S/C19H30FN3O2/c1-2-21-19(23-14-17-5-3-6-18(20)13-17)22-9-4-10-25-15-16-7-11-24-12-8-16/h3,5-6,13,16H,2,4,7-12,14-15H2,1H3,(H2,21,22,23). The van der Waals surface area contributed by atoms with Gasteiger partial charge in [-0.15, -0.1) is 0 Å². The van der Waals surface area contributed by atoms with Crippen molar-refractivity contribution in [2.45, 2.75) is 32.7 Å². The summed E-state index contributed by atoms with van der Waals surface area (Å²) in [7, 11) is 0. The number of halogens is 1. The number of nitrogens with zero attached hydrogens (tertiary/aromatic N) is 1. The largest absolute Gasteiger partial charge is 0.381 e. The lowest BCUT2D eigenvalue weighted by Crippen LogP contribution is -2.38. The van der Waals surface area contributed by atoms with Crippen LogP contribution in [-0.2, 0) is 16.0 Å². The maximum absolute atomic E-state index is 13.2. The lowest BCUT2D eigenvalue weighted by molar-refractivity contribution is 0.0203. The van der Waals surface area contributed by atoms with E-state index in [2.05, 4.69) is 15.6 Å². The van der Waals surface area contributed by atoms with Gasteiger partial charge in [0.2, 0.25) is 0 Å². The molecule has 1 fully saturated rings. The summed E-state index contributed by atoms with van der Waals surface area (Å²) in [6.07, 6.45) is 3.14. The monoisotopic (exact) mass is 351 g/mol. The molecule has 0 atom stereocenters. The molecule has 1 aliphatic heterocycles. The molecule has 0 bridgehead atoms. The van der Waals surface area contributed by atoms with E-state index in [1.54, 1.807) is 6.07 Å². The number of hydrogen-bond acceptors (Lipinski definition) is 3. The van der Waals surface area contributed by atoms with Gasteiger partial charge >= 0.3 is 0 Å². The second-order valence-corrected chi connectivity index (χ2v) is 6.24. The van der Waals surface area contributed by atoms with E-state index in [1.807, 2.05) is 13.0 Å². The van der Waals surface area contributed by atoms with E-state index in [1.165, 1.54) is 12.1 Å². The van der Waals surface area contributed by atoms with Crippen molar-refractivity contribution in [1.29, 1.82) is 0 Å². The van der Waals surface area contributed by atoms with Gasteiger partial charge in [-0.2, -0.15) is 0 Å². The van der Waals surface area contributed by atoms with Crippen LogP contribution in [0, 0.1) is 11.7 Å². The highest BCUT2D eigenvalue weighted by Crippen LogP contribution is 2.14. The molecule has 25 heavy (non-hydrogen) atoms. The Balaban J connectivity index is 1.62. The summed E-state index contributed by atoms with van der Waals surface area (Å²) in [4.78, 5) is 4.49. The number of aliphatic imine (C=N–C) groups is 1. The van der Waals surface area contributed by atoms with Crippen molar-refractivity contribution in [2.75, 3.05) is 39.5 Å². The third kappa shape index (κ3) is 8.31. The van der Waals surface area contributed by atoms with Gasteiger partial charge in [0.05, 0.1) is 6.54 Å². The molecule has 0 aromatic heterocycles. The summed E-state index contributed by atoms with van der Waals surface area (Å²) in [6, 6.07) is 6.53. The van der Waals surface area contributed by atoms with Gasteiger partial charge in [-0.05, 0) is 49.8 Å². The zero-order chi connectivity index (χ0) is 17.7. The minimum Gasteiger partial charge on any atom is -0.381 e. The third-order valence-corrected chi connectivity index (χ3v) is 4.11. The Morgan fingerprint density at radius 3 is 2.92 bits per heavy atom. The number of hydrogen-bond donors (Lipinski definition) is 2. The van der Waals surface area contributed by atoms with Crippen molar-refractivity contribution < 1.29 is 13.9 Å². The Hall–Kier alpha value is -1.66. The zero-order valence-corrected chi connectivity index (χ0v) is 15.1. The Morgan fingerprint density at radius 1 is 1.32 bits per heavy atom. The molecule has 140 valence electrons. The minimum absolute atomic E-state index is 0.229. The van der Waals surface area contributed by atoms with Crippen molar-refractivity contribution in [3.8, 4) is 0 Å². The van der Waals surface area contributed by atoms with Gasteiger partial charge in [-0.1, -0.05) is 12.1 Å². The number of nitrogens with one attached hydrogen (secondary N) is 2. The number of benzene rings is 1. The second kappa shape index (κ2) is 11.8. The van der Waals surface area contributed by atoms with Crippen LogP contribution < -0.4 is 10.6 Å². The summed E-state index contributed by atoms with van der Waals surface area (Å²) in [5.41, 5.74) is 0.858. The van der Waals surface area contributed by atoms with Crippen LogP contribution in [0.15, 0.2) is 29.3 Å². The molecule has 0 amide bonds. The quantitative estimate of drug-likeness (QED) is 0.408. The summed E-state index contributed by atoms with van der Waals surface area (Å²) in [6.45, 7) is 7.36. The van der Waals surface area contributed by atoms with E-state index >= 15 is 0 Å². The number of rotatable bonds is 9. The van der Waals surface area contributed by atoms with E-state index in [-0.39, 0.29) is 5.82 Å².